The second kappa shape index (κ2) is 6.04. The molecule has 24 heavy (non-hydrogen) atoms. The van der Waals surface area contributed by atoms with Gasteiger partial charge < -0.3 is 9.73 Å². The summed E-state index contributed by atoms with van der Waals surface area (Å²) in [7, 11) is 0. The lowest BCUT2D eigenvalue weighted by Crippen LogP contribution is -2.22. The summed E-state index contributed by atoms with van der Waals surface area (Å²) in [5, 5.41) is 7.98. The number of hydrogen-bond donors (Lipinski definition) is 1. The highest BCUT2D eigenvalue weighted by Crippen LogP contribution is 2.18. The smallest absolute Gasteiger partial charge is 0.287 e. The summed E-state index contributed by atoms with van der Waals surface area (Å²) in [6.45, 7) is 0.440. The SMILES string of the molecule is O=C(NCc1ccc(-n2cccn2)cc1)c1cc2ccccc2o1. The molecule has 0 aliphatic carbocycles. The summed E-state index contributed by atoms with van der Waals surface area (Å²) in [4.78, 5) is 12.2. The Morgan fingerprint density at radius 3 is 2.67 bits per heavy atom. The molecule has 1 amide bonds. The van der Waals surface area contributed by atoms with Crippen LogP contribution >= 0.6 is 0 Å². The molecule has 0 fully saturated rings. The molecule has 0 aliphatic heterocycles. The summed E-state index contributed by atoms with van der Waals surface area (Å²) in [6.07, 6.45) is 3.62. The first kappa shape index (κ1) is 14.3. The van der Waals surface area contributed by atoms with E-state index in [9.17, 15) is 4.79 Å². The molecule has 0 saturated heterocycles. The molecule has 5 heteroatoms. The molecule has 1 N–H and O–H groups in total. The monoisotopic (exact) mass is 317 g/mol. The highest BCUT2D eigenvalue weighted by Gasteiger charge is 2.11. The minimum atomic E-state index is -0.220. The van der Waals surface area contributed by atoms with Crippen molar-refractivity contribution in [3.8, 4) is 5.69 Å². The molecule has 4 rings (SSSR count). The largest absolute Gasteiger partial charge is 0.451 e. The van der Waals surface area contributed by atoms with Crippen LogP contribution in [-0.2, 0) is 6.54 Å². The Balaban J connectivity index is 1.43. The number of hydrogen-bond acceptors (Lipinski definition) is 3. The van der Waals surface area contributed by atoms with E-state index in [2.05, 4.69) is 10.4 Å². The average molecular weight is 317 g/mol. The zero-order valence-electron chi connectivity index (χ0n) is 12.8. The van der Waals surface area contributed by atoms with Crippen LogP contribution in [-0.4, -0.2) is 15.7 Å². The molecule has 0 atom stereocenters. The summed E-state index contributed by atoms with van der Waals surface area (Å²) in [5.41, 5.74) is 2.70. The summed E-state index contributed by atoms with van der Waals surface area (Å²) < 4.78 is 7.35. The van der Waals surface area contributed by atoms with E-state index < -0.39 is 0 Å². The number of fused-ring (bicyclic) bond motifs is 1. The van der Waals surface area contributed by atoms with Crippen LogP contribution in [0.4, 0.5) is 0 Å². The van der Waals surface area contributed by atoms with Crippen LogP contribution in [0.2, 0.25) is 0 Å². The van der Waals surface area contributed by atoms with E-state index in [1.807, 2.05) is 60.8 Å². The normalized spacial score (nSPS) is 10.8. The zero-order chi connectivity index (χ0) is 16.4. The van der Waals surface area contributed by atoms with Gasteiger partial charge in [-0.25, -0.2) is 4.68 Å². The van der Waals surface area contributed by atoms with Crippen molar-refractivity contribution in [3.63, 3.8) is 0 Å². The van der Waals surface area contributed by atoms with Gasteiger partial charge in [-0.15, -0.1) is 0 Å². The minimum absolute atomic E-state index is 0.220. The van der Waals surface area contributed by atoms with E-state index in [0.717, 1.165) is 16.6 Å². The molecular weight excluding hydrogens is 302 g/mol. The zero-order valence-corrected chi connectivity index (χ0v) is 12.8. The number of carbonyl (C=O) groups excluding carboxylic acids is 1. The predicted molar refractivity (Wildman–Crippen MR) is 90.9 cm³/mol. The van der Waals surface area contributed by atoms with Gasteiger partial charge in [-0.3, -0.25) is 4.79 Å². The summed E-state index contributed by atoms with van der Waals surface area (Å²) >= 11 is 0. The highest BCUT2D eigenvalue weighted by atomic mass is 16.3. The van der Waals surface area contributed by atoms with Gasteiger partial charge in [-0.1, -0.05) is 30.3 Å². The molecular formula is C19H15N3O2. The molecule has 0 radical (unpaired) electrons. The van der Waals surface area contributed by atoms with E-state index in [0.29, 0.717) is 17.9 Å². The van der Waals surface area contributed by atoms with Gasteiger partial charge in [0.05, 0.1) is 5.69 Å². The molecule has 0 unspecified atom stereocenters. The van der Waals surface area contributed by atoms with Gasteiger partial charge >= 0.3 is 0 Å². The maximum atomic E-state index is 12.2. The molecule has 118 valence electrons. The Kier molecular flexibility index (Phi) is 3.59. The minimum Gasteiger partial charge on any atom is -0.451 e. The first-order valence-electron chi connectivity index (χ1n) is 7.65. The van der Waals surface area contributed by atoms with E-state index in [4.69, 9.17) is 4.42 Å². The Bertz CT molecular complexity index is 936. The van der Waals surface area contributed by atoms with Crippen molar-refractivity contribution >= 4 is 16.9 Å². The van der Waals surface area contributed by atoms with Crippen LogP contribution < -0.4 is 5.32 Å². The van der Waals surface area contributed by atoms with Crippen molar-refractivity contribution in [3.05, 3.63) is 84.4 Å². The van der Waals surface area contributed by atoms with Gasteiger partial charge in [0.25, 0.3) is 5.91 Å². The van der Waals surface area contributed by atoms with Crippen molar-refractivity contribution in [2.75, 3.05) is 0 Å². The topological polar surface area (TPSA) is 60.1 Å². The number of nitrogens with one attached hydrogen (secondary N) is 1. The highest BCUT2D eigenvalue weighted by molar-refractivity contribution is 5.96. The summed E-state index contributed by atoms with van der Waals surface area (Å²) in [5.74, 6) is 0.103. The number of furan rings is 1. The van der Waals surface area contributed by atoms with Gasteiger partial charge in [-0.2, -0.15) is 5.10 Å². The van der Waals surface area contributed by atoms with Crippen molar-refractivity contribution in [1.82, 2.24) is 15.1 Å². The Labute approximate surface area is 138 Å². The van der Waals surface area contributed by atoms with E-state index in [1.165, 1.54) is 0 Å². The molecule has 0 bridgehead atoms. The fourth-order valence-corrected chi connectivity index (χ4v) is 2.55. The van der Waals surface area contributed by atoms with Gasteiger partial charge in [0, 0.05) is 24.3 Å². The second-order valence-electron chi connectivity index (χ2n) is 5.45. The molecule has 0 saturated carbocycles. The first-order chi connectivity index (χ1) is 11.8. The average Bonchev–Trinajstić information content (AvgIpc) is 3.29. The molecule has 2 heterocycles. The van der Waals surface area contributed by atoms with Crippen molar-refractivity contribution in [1.29, 1.82) is 0 Å². The van der Waals surface area contributed by atoms with Gasteiger partial charge in [0.1, 0.15) is 5.58 Å². The first-order valence-corrected chi connectivity index (χ1v) is 7.65. The fourth-order valence-electron chi connectivity index (χ4n) is 2.55. The van der Waals surface area contributed by atoms with Gasteiger partial charge in [0.2, 0.25) is 0 Å². The third-order valence-corrected chi connectivity index (χ3v) is 3.81. The van der Waals surface area contributed by atoms with Crippen LogP contribution in [0, 0.1) is 0 Å². The lowest BCUT2D eigenvalue weighted by atomic mass is 10.2. The van der Waals surface area contributed by atoms with Crippen molar-refractivity contribution in [2.45, 2.75) is 6.54 Å². The molecule has 2 aromatic carbocycles. The van der Waals surface area contributed by atoms with Crippen molar-refractivity contribution < 1.29 is 9.21 Å². The molecule has 0 aliphatic rings. The van der Waals surface area contributed by atoms with Crippen LogP contribution in [0.3, 0.4) is 0 Å². The fraction of sp³-hybridized carbons (Fsp3) is 0.0526. The number of rotatable bonds is 4. The Hall–Kier alpha value is -3.34. The van der Waals surface area contributed by atoms with E-state index in [-0.39, 0.29) is 5.91 Å². The van der Waals surface area contributed by atoms with E-state index >= 15 is 0 Å². The standard InChI is InChI=1S/C19H15N3O2/c23-19(18-12-15-4-1-2-5-17(15)24-18)20-13-14-6-8-16(9-7-14)22-11-3-10-21-22/h1-12H,13H2,(H,20,23). The van der Waals surface area contributed by atoms with Crippen LogP contribution in [0.25, 0.3) is 16.7 Å². The Morgan fingerprint density at radius 1 is 1.08 bits per heavy atom. The van der Waals surface area contributed by atoms with Crippen LogP contribution in [0.5, 0.6) is 0 Å². The number of nitrogens with zero attached hydrogens (tertiary/aromatic N) is 2. The molecule has 5 nitrogen and oxygen atoms in total. The Morgan fingerprint density at radius 2 is 1.92 bits per heavy atom. The van der Waals surface area contributed by atoms with Crippen LogP contribution in [0.1, 0.15) is 16.1 Å². The maximum Gasteiger partial charge on any atom is 0.287 e. The summed E-state index contributed by atoms with van der Waals surface area (Å²) in [6, 6.07) is 19.1. The second-order valence-corrected chi connectivity index (χ2v) is 5.45. The predicted octanol–water partition coefficient (Wildman–Crippen LogP) is 3.55. The number of benzene rings is 2. The number of amides is 1. The van der Waals surface area contributed by atoms with Crippen molar-refractivity contribution in [2.24, 2.45) is 0 Å². The van der Waals surface area contributed by atoms with Crippen LogP contribution in [0.15, 0.2) is 77.5 Å². The molecule has 4 aromatic rings. The van der Waals surface area contributed by atoms with Gasteiger partial charge in [-0.05, 0) is 35.9 Å². The van der Waals surface area contributed by atoms with Gasteiger partial charge in [0.15, 0.2) is 5.76 Å². The number of para-hydroxylation sites is 1. The quantitative estimate of drug-likeness (QED) is 0.626. The maximum absolute atomic E-state index is 12.2. The number of carbonyl (C=O) groups is 1. The third kappa shape index (κ3) is 2.79. The lowest BCUT2D eigenvalue weighted by molar-refractivity contribution is 0.0925. The lowest BCUT2D eigenvalue weighted by Gasteiger charge is -2.05. The number of aromatic nitrogens is 2. The molecule has 0 spiro atoms. The van der Waals surface area contributed by atoms with E-state index in [1.54, 1.807) is 16.9 Å². The third-order valence-electron chi connectivity index (χ3n) is 3.81. The molecule has 2 aromatic heterocycles.